The number of hydrogen-bond donors (Lipinski definition) is 1. The van der Waals surface area contributed by atoms with Gasteiger partial charge in [0.15, 0.2) is 0 Å². The van der Waals surface area contributed by atoms with Gasteiger partial charge in [0.1, 0.15) is 5.01 Å². The van der Waals surface area contributed by atoms with E-state index >= 15 is 0 Å². The highest BCUT2D eigenvalue weighted by Crippen LogP contribution is 2.39. The van der Waals surface area contributed by atoms with Crippen molar-refractivity contribution in [2.24, 2.45) is 5.73 Å². The van der Waals surface area contributed by atoms with Gasteiger partial charge >= 0.3 is 0 Å². The summed E-state index contributed by atoms with van der Waals surface area (Å²) in [6, 6.07) is 2.06. The molecule has 0 aliphatic heterocycles. The molecule has 2 rings (SSSR count). The Morgan fingerprint density at radius 1 is 1.36 bits per heavy atom. The first-order valence-electron chi connectivity index (χ1n) is 3.80. The third-order valence-corrected chi connectivity index (χ3v) is 6.06. The van der Waals surface area contributed by atoms with Crippen molar-refractivity contribution in [1.29, 1.82) is 0 Å². The Kier molecular flexibility index (Phi) is 3.38. The Labute approximate surface area is 106 Å². The van der Waals surface area contributed by atoms with E-state index in [1.807, 2.05) is 6.20 Å². The lowest BCUT2D eigenvalue weighted by atomic mass is 10.5. The first-order chi connectivity index (χ1) is 6.70. The molecule has 74 valence electrons. The van der Waals surface area contributed by atoms with E-state index in [4.69, 9.17) is 5.73 Å². The van der Waals surface area contributed by atoms with E-state index in [2.05, 4.69) is 42.9 Å². The van der Waals surface area contributed by atoms with E-state index in [-0.39, 0.29) is 0 Å². The number of aromatic nitrogens is 1. The molecule has 0 radical (unpaired) electrons. The lowest BCUT2D eigenvalue weighted by Crippen LogP contribution is -1.91. The molecule has 0 aliphatic carbocycles. The Hall–Kier alpha value is 0.250. The van der Waals surface area contributed by atoms with E-state index in [0.717, 1.165) is 23.0 Å². The molecule has 0 bridgehead atoms. The summed E-state index contributed by atoms with van der Waals surface area (Å²) in [6.45, 7) is 0.561. The van der Waals surface area contributed by atoms with Crippen LogP contribution in [0, 0.1) is 0 Å². The van der Waals surface area contributed by atoms with Crippen LogP contribution >= 0.6 is 54.5 Å². The molecule has 0 aliphatic rings. The Morgan fingerprint density at radius 3 is 2.64 bits per heavy atom. The van der Waals surface area contributed by atoms with Gasteiger partial charge in [-0.3, -0.25) is 0 Å². The minimum absolute atomic E-state index is 0.561. The lowest BCUT2D eigenvalue weighted by molar-refractivity contribution is 1.10. The van der Waals surface area contributed by atoms with Gasteiger partial charge in [0.25, 0.3) is 0 Å². The Bertz CT molecular complexity index is 430. The van der Waals surface area contributed by atoms with E-state index in [0.29, 0.717) is 6.54 Å². The van der Waals surface area contributed by atoms with Crippen LogP contribution in [0.1, 0.15) is 4.88 Å². The molecule has 2 nitrogen and oxygen atoms in total. The van der Waals surface area contributed by atoms with Gasteiger partial charge in [-0.05, 0) is 37.9 Å². The number of halogens is 2. The first kappa shape index (κ1) is 10.8. The summed E-state index contributed by atoms with van der Waals surface area (Å²) in [5, 5.41) is 1.03. The van der Waals surface area contributed by atoms with E-state index in [9.17, 15) is 0 Å². The topological polar surface area (TPSA) is 38.9 Å². The normalized spacial score (nSPS) is 10.8. The number of thiophene rings is 1. The van der Waals surface area contributed by atoms with Crippen LogP contribution in [-0.4, -0.2) is 4.98 Å². The molecular weight excluding hydrogens is 348 g/mol. The zero-order valence-corrected chi connectivity index (χ0v) is 11.8. The summed E-state index contributed by atoms with van der Waals surface area (Å²) in [5.74, 6) is 0. The summed E-state index contributed by atoms with van der Waals surface area (Å²) < 4.78 is 2.17. The van der Waals surface area contributed by atoms with Gasteiger partial charge in [-0.25, -0.2) is 4.98 Å². The van der Waals surface area contributed by atoms with Crippen LogP contribution in [0.2, 0.25) is 0 Å². The first-order valence-corrected chi connectivity index (χ1v) is 7.02. The quantitative estimate of drug-likeness (QED) is 0.890. The monoisotopic (exact) mass is 352 g/mol. The summed E-state index contributed by atoms with van der Waals surface area (Å²) in [5.41, 5.74) is 5.53. The van der Waals surface area contributed by atoms with Crippen molar-refractivity contribution in [2.45, 2.75) is 6.54 Å². The van der Waals surface area contributed by atoms with Gasteiger partial charge in [-0.1, -0.05) is 0 Å². The van der Waals surface area contributed by atoms with Crippen LogP contribution in [0.15, 0.2) is 20.5 Å². The minimum atomic E-state index is 0.561. The summed E-state index contributed by atoms with van der Waals surface area (Å²) in [4.78, 5) is 6.59. The molecule has 2 aromatic heterocycles. The maximum absolute atomic E-state index is 5.53. The highest BCUT2D eigenvalue weighted by molar-refractivity contribution is 9.13. The van der Waals surface area contributed by atoms with Crippen LogP contribution in [0.25, 0.3) is 9.88 Å². The second kappa shape index (κ2) is 4.40. The molecule has 6 heteroatoms. The number of thiazole rings is 1. The highest BCUT2D eigenvalue weighted by atomic mass is 79.9. The van der Waals surface area contributed by atoms with Gasteiger partial charge in [0, 0.05) is 22.1 Å². The van der Waals surface area contributed by atoms with Crippen LogP contribution < -0.4 is 5.73 Å². The molecular formula is C8H6Br2N2S2. The van der Waals surface area contributed by atoms with Crippen molar-refractivity contribution in [3.63, 3.8) is 0 Å². The van der Waals surface area contributed by atoms with Gasteiger partial charge in [-0.2, -0.15) is 0 Å². The molecule has 0 fully saturated rings. The average molecular weight is 354 g/mol. The maximum atomic E-state index is 5.53. The fourth-order valence-corrected chi connectivity index (χ4v) is 3.85. The Balaban J connectivity index is 2.39. The molecule has 2 aromatic rings. The predicted molar refractivity (Wildman–Crippen MR) is 68.7 cm³/mol. The fourth-order valence-electron chi connectivity index (χ4n) is 0.968. The number of nitrogens with zero attached hydrogens (tertiary/aromatic N) is 1. The third kappa shape index (κ3) is 2.09. The third-order valence-electron chi connectivity index (χ3n) is 1.61. The maximum Gasteiger partial charge on any atom is 0.133 e. The predicted octanol–water partition coefficient (Wildman–Crippen LogP) is 3.86. The average Bonchev–Trinajstić information content (AvgIpc) is 2.74. The number of rotatable bonds is 2. The standard InChI is InChI=1S/C8H6Br2N2S2/c9-5-1-6(14-7(5)10)8-12-3-4(2-11)13-8/h1,3H,2,11H2. The van der Waals surface area contributed by atoms with Crippen LogP contribution in [-0.2, 0) is 6.54 Å². The molecule has 0 amide bonds. The smallest absolute Gasteiger partial charge is 0.133 e. The molecule has 14 heavy (non-hydrogen) atoms. The molecule has 0 unspecified atom stereocenters. The lowest BCUT2D eigenvalue weighted by Gasteiger charge is -1.86. The zero-order valence-electron chi connectivity index (χ0n) is 6.96. The number of nitrogens with two attached hydrogens (primary N) is 1. The Morgan fingerprint density at radius 2 is 2.14 bits per heavy atom. The second-order valence-electron chi connectivity index (χ2n) is 2.57. The molecule has 2 N–H and O–H groups in total. The van der Waals surface area contributed by atoms with E-state index in [1.54, 1.807) is 22.7 Å². The minimum Gasteiger partial charge on any atom is -0.326 e. The van der Waals surface area contributed by atoms with Crippen molar-refractivity contribution in [2.75, 3.05) is 0 Å². The highest BCUT2D eigenvalue weighted by Gasteiger charge is 2.09. The van der Waals surface area contributed by atoms with Gasteiger partial charge in [0.05, 0.1) is 8.66 Å². The molecule has 0 atom stereocenters. The number of hydrogen-bond acceptors (Lipinski definition) is 4. The SMILES string of the molecule is NCc1cnc(-c2cc(Br)c(Br)s2)s1. The second-order valence-corrected chi connectivity index (χ2v) is 6.91. The summed E-state index contributed by atoms with van der Waals surface area (Å²) in [7, 11) is 0. The molecule has 0 spiro atoms. The van der Waals surface area contributed by atoms with Gasteiger partial charge < -0.3 is 5.73 Å². The van der Waals surface area contributed by atoms with Crippen molar-refractivity contribution in [3.05, 3.63) is 25.4 Å². The van der Waals surface area contributed by atoms with Crippen LogP contribution in [0.4, 0.5) is 0 Å². The summed E-state index contributed by atoms with van der Waals surface area (Å²) in [6.07, 6.45) is 1.83. The van der Waals surface area contributed by atoms with Crippen molar-refractivity contribution in [1.82, 2.24) is 4.98 Å². The van der Waals surface area contributed by atoms with Gasteiger partial charge in [-0.15, -0.1) is 22.7 Å². The van der Waals surface area contributed by atoms with Crippen LogP contribution in [0.5, 0.6) is 0 Å². The molecule has 0 saturated carbocycles. The zero-order chi connectivity index (χ0) is 10.1. The molecule has 0 saturated heterocycles. The fraction of sp³-hybridized carbons (Fsp3) is 0.125. The van der Waals surface area contributed by atoms with E-state index < -0.39 is 0 Å². The van der Waals surface area contributed by atoms with Crippen LogP contribution in [0.3, 0.4) is 0 Å². The van der Waals surface area contributed by atoms with Crippen molar-refractivity contribution in [3.8, 4) is 9.88 Å². The largest absolute Gasteiger partial charge is 0.326 e. The van der Waals surface area contributed by atoms with Crippen molar-refractivity contribution >= 4 is 54.5 Å². The van der Waals surface area contributed by atoms with Crippen molar-refractivity contribution < 1.29 is 0 Å². The molecule has 2 heterocycles. The summed E-state index contributed by atoms with van der Waals surface area (Å²) >= 11 is 10.2. The van der Waals surface area contributed by atoms with E-state index in [1.165, 1.54) is 0 Å². The van der Waals surface area contributed by atoms with Gasteiger partial charge in [0.2, 0.25) is 0 Å². The molecule has 0 aromatic carbocycles.